The van der Waals surface area contributed by atoms with E-state index in [2.05, 4.69) is 13.8 Å². The topological polar surface area (TPSA) is 9.23 Å². The second kappa shape index (κ2) is 5.07. The van der Waals surface area contributed by atoms with E-state index in [0.717, 1.165) is 13.0 Å². The maximum absolute atomic E-state index is 5.56. The fraction of sp³-hybridized carbons (Fsp3) is 1.00. The molecule has 0 heterocycles. The van der Waals surface area contributed by atoms with Crippen LogP contribution in [0, 0.1) is 5.92 Å². The lowest BCUT2D eigenvalue weighted by Crippen LogP contribution is -2.08. The van der Waals surface area contributed by atoms with Crippen molar-refractivity contribution < 1.29 is 4.74 Å². The largest absolute Gasteiger partial charge is 0.363 e. The van der Waals surface area contributed by atoms with E-state index in [1.165, 1.54) is 0 Å². The van der Waals surface area contributed by atoms with E-state index in [0.29, 0.717) is 5.92 Å². The van der Waals surface area contributed by atoms with Crippen molar-refractivity contribution in [1.29, 1.82) is 0 Å². The number of ether oxygens (including phenoxy) is 1. The average molecular weight is 151 g/mol. The van der Waals surface area contributed by atoms with Crippen LogP contribution in [0.5, 0.6) is 0 Å². The van der Waals surface area contributed by atoms with Gasteiger partial charge in [-0.2, -0.15) is 0 Å². The molecular formula is C7H15ClO. The van der Waals surface area contributed by atoms with Gasteiger partial charge in [-0.25, -0.2) is 0 Å². The quantitative estimate of drug-likeness (QED) is 0.560. The van der Waals surface area contributed by atoms with Crippen LogP contribution in [0.3, 0.4) is 0 Å². The number of halogens is 1. The minimum Gasteiger partial charge on any atom is -0.363 e. The minimum atomic E-state index is -0.140. The lowest BCUT2D eigenvalue weighted by Gasteiger charge is -2.09. The smallest absolute Gasteiger partial charge is 0.128 e. The first-order valence-corrected chi connectivity index (χ1v) is 3.86. The van der Waals surface area contributed by atoms with Gasteiger partial charge in [0.1, 0.15) is 5.56 Å². The highest BCUT2D eigenvalue weighted by molar-refractivity contribution is 6.19. The summed E-state index contributed by atoms with van der Waals surface area (Å²) < 4.78 is 5.16. The molecule has 0 aliphatic carbocycles. The van der Waals surface area contributed by atoms with Crippen molar-refractivity contribution in [3.63, 3.8) is 0 Å². The Labute approximate surface area is 62.3 Å². The molecule has 0 spiro atoms. The number of hydrogen-bond donors (Lipinski definition) is 0. The monoisotopic (exact) mass is 150 g/mol. The Hall–Kier alpha value is 0.250. The molecule has 56 valence electrons. The first kappa shape index (κ1) is 9.25. The van der Waals surface area contributed by atoms with Crippen molar-refractivity contribution in [2.75, 3.05) is 6.61 Å². The van der Waals surface area contributed by atoms with Gasteiger partial charge in [0.05, 0.1) is 6.61 Å². The summed E-state index contributed by atoms with van der Waals surface area (Å²) in [6, 6.07) is 0. The zero-order valence-corrected chi connectivity index (χ0v) is 7.11. The zero-order valence-electron chi connectivity index (χ0n) is 6.36. The van der Waals surface area contributed by atoms with E-state index >= 15 is 0 Å². The predicted octanol–water partition coefficient (Wildman–Crippen LogP) is 2.63. The third-order valence-corrected chi connectivity index (χ3v) is 1.43. The van der Waals surface area contributed by atoms with Gasteiger partial charge in [0.2, 0.25) is 0 Å². The zero-order chi connectivity index (χ0) is 7.28. The molecule has 0 amide bonds. The molecule has 0 aromatic rings. The molecule has 0 rings (SSSR count). The van der Waals surface area contributed by atoms with E-state index in [1.54, 1.807) is 0 Å². The molecule has 0 saturated heterocycles. The van der Waals surface area contributed by atoms with E-state index < -0.39 is 0 Å². The first-order valence-electron chi connectivity index (χ1n) is 3.42. The number of hydrogen-bond acceptors (Lipinski definition) is 1. The van der Waals surface area contributed by atoms with Crippen LogP contribution in [-0.4, -0.2) is 12.2 Å². The number of alkyl halides is 1. The van der Waals surface area contributed by atoms with Crippen molar-refractivity contribution in [3.8, 4) is 0 Å². The van der Waals surface area contributed by atoms with Crippen LogP contribution in [0.25, 0.3) is 0 Å². The van der Waals surface area contributed by atoms with E-state index in [4.69, 9.17) is 16.3 Å². The third kappa shape index (κ3) is 6.13. The lowest BCUT2D eigenvalue weighted by atomic mass is 10.1. The van der Waals surface area contributed by atoms with Crippen LogP contribution in [0.1, 0.15) is 27.2 Å². The Morgan fingerprint density at radius 3 is 2.33 bits per heavy atom. The van der Waals surface area contributed by atoms with Crippen molar-refractivity contribution in [3.05, 3.63) is 0 Å². The van der Waals surface area contributed by atoms with Crippen LogP contribution in [0.2, 0.25) is 0 Å². The molecule has 0 aliphatic heterocycles. The third-order valence-electron chi connectivity index (χ3n) is 1.31. The molecule has 0 bridgehead atoms. The Balaban J connectivity index is 3.06. The molecule has 2 heteroatoms. The Morgan fingerprint density at radius 1 is 1.44 bits per heavy atom. The van der Waals surface area contributed by atoms with E-state index in [-0.39, 0.29) is 5.56 Å². The maximum Gasteiger partial charge on any atom is 0.128 e. The highest BCUT2D eigenvalue weighted by Crippen LogP contribution is 2.04. The summed E-state index contributed by atoms with van der Waals surface area (Å²) in [5.41, 5.74) is -0.140. The normalized spacial score (nSPS) is 17.3. The van der Waals surface area contributed by atoms with Crippen molar-refractivity contribution >= 4 is 11.6 Å². The molecule has 2 atom stereocenters. The summed E-state index contributed by atoms with van der Waals surface area (Å²) in [7, 11) is 0. The number of rotatable bonds is 4. The summed E-state index contributed by atoms with van der Waals surface area (Å²) in [6.45, 7) is 6.91. The summed E-state index contributed by atoms with van der Waals surface area (Å²) in [4.78, 5) is 0. The second-order valence-electron chi connectivity index (χ2n) is 2.39. The van der Waals surface area contributed by atoms with Crippen molar-refractivity contribution in [2.24, 2.45) is 5.92 Å². The van der Waals surface area contributed by atoms with E-state index in [1.807, 2.05) is 6.92 Å². The predicted molar refractivity (Wildman–Crippen MR) is 40.7 cm³/mol. The van der Waals surface area contributed by atoms with Gasteiger partial charge >= 0.3 is 0 Å². The van der Waals surface area contributed by atoms with Crippen LogP contribution in [-0.2, 0) is 4.74 Å². The molecule has 1 nitrogen and oxygen atoms in total. The van der Waals surface area contributed by atoms with E-state index in [9.17, 15) is 0 Å². The molecule has 9 heavy (non-hydrogen) atoms. The molecule has 0 radical (unpaired) electrons. The first-order chi connectivity index (χ1) is 4.16. The van der Waals surface area contributed by atoms with Gasteiger partial charge in [0, 0.05) is 0 Å². The molecule has 0 aliphatic rings. The molecule has 0 fully saturated rings. The van der Waals surface area contributed by atoms with Gasteiger partial charge in [-0.15, -0.1) is 0 Å². The molecule has 0 aromatic heterocycles. The summed E-state index contributed by atoms with van der Waals surface area (Å²) in [5, 5.41) is 0. The fourth-order valence-corrected chi connectivity index (χ4v) is 0.487. The lowest BCUT2D eigenvalue weighted by molar-refractivity contribution is 0.0899. The molecule has 2 unspecified atom stereocenters. The van der Waals surface area contributed by atoms with Gasteiger partial charge in [-0.1, -0.05) is 31.9 Å². The Morgan fingerprint density at radius 2 is 2.00 bits per heavy atom. The highest BCUT2D eigenvalue weighted by atomic mass is 35.5. The maximum atomic E-state index is 5.56. The summed E-state index contributed by atoms with van der Waals surface area (Å²) in [5.74, 6) is 0.631. The Bertz CT molecular complexity index is 63.9. The van der Waals surface area contributed by atoms with Gasteiger partial charge < -0.3 is 4.74 Å². The van der Waals surface area contributed by atoms with Crippen LogP contribution >= 0.6 is 11.6 Å². The van der Waals surface area contributed by atoms with Gasteiger partial charge in [0.25, 0.3) is 0 Å². The fourth-order valence-electron chi connectivity index (χ4n) is 0.415. The van der Waals surface area contributed by atoms with Crippen LogP contribution < -0.4 is 0 Å². The molecule has 0 aromatic carbocycles. The SMILES string of the molecule is CCC(C)COC(C)Cl. The summed E-state index contributed by atoms with van der Waals surface area (Å²) in [6.07, 6.45) is 1.16. The molecule has 0 saturated carbocycles. The molecular weight excluding hydrogens is 136 g/mol. The van der Waals surface area contributed by atoms with Crippen LogP contribution in [0.4, 0.5) is 0 Å². The van der Waals surface area contributed by atoms with Crippen molar-refractivity contribution in [1.82, 2.24) is 0 Å². The highest BCUT2D eigenvalue weighted by Gasteiger charge is 2.00. The van der Waals surface area contributed by atoms with Crippen molar-refractivity contribution in [2.45, 2.75) is 32.8 Å². The van der Waals surface area contributed by atoms with Gasteiger partial charge in [-0.05, 0) is 12.8 Å². The minimum absolute atomic E-state index is 0.140. The molecule has 0 N–H and O–H groups in total. The second-order valence-corrected chi connectivity index (χ2v) is 3.00. The van der Waals surface area contributed by atoms with Gasteiger partial charge in [0.15, 0.2) is 0 Å². The standard InChI is InChI=1S/C7H15ClO/c1-4-6(2)5-9-7(3)8/h6-7H,4-5H2,1-3H3. The Kier molecular flexibility index (Phi) is 5.21. The van der Waals surface area contributed by atoms with Gasteiger partial charge in [-0.3, -0.25) is 0 Å². The van der Waals surface area contributed by atoms with Crippen LogP contribution in [0.15, 0.2) is 0 Å². The average Bonchev–Trinajstić information content (AvgIpc) is 1.83. The summed E-state index contributed by atoms with van der Waals surface area (Å²) >= 11 is 5.56.